The molecule has 0 aromatic rings. The maximum Gasteiger partial charge on any atom is 0.0482 e. The predicted molar refractivity (Wildman–Crippen MR) is 56.5 cm³/mol. The molecule has 0 aromatic heterocycles. The predicted octanol–water partition coefficient (Wildman–Crippen LogP) is 3.08. The fourth-order valence-corrected chi connectivity index (χ4v) is 2.06. The first-order chi connectivity index (χ1) is 5.96. The quantitative estimate of drug-likeness (QED) is 0.696. The van der Waals surface area contributed by atoms with E-state index < -0.39 is 0 Å². The van der Waals surface area contributed by atoms with Crippen molar-refractivity contribution in [3.05, 3.63) is 0 Å². The van der Waals surface area contributed by atoms with Gasteiger partial charge in [-0.25, -0.2) is 0 Å². The van der Waals surface area contributed by atoms with Crippen LogP contribution in [-0.4, -0.2) is 11.7 Å². The lowest BCUT2D eigenvalue weighted by Gasteiger charge is -2.23. The zero-order valence-electron chi connectivity index (χ0n) is 9.51. The Morgan fingerprint density at radius 2 is 2.00 bits per heavy atom. The second-order valence-electron chi connectivity index (χ2n) is 5.72. The average molecular weight is 184 g/mol. The van der Waals surface area contributed by atoms with E-state index in [1.54, 1.807) is 0 Å². The molecule has 0 radical (unpaired) electrons. The minimum Gasteiger partial charge on any atom is -0.396 e. The molecule has 3 unspecified atom stereocenters. The Morgan fingerprint density at radius 3 is 2.38 bits per heavy atom. The van der Waals surface area contributed by atoms with Crippen LogP contribution in [-0.2, 0) is 0 Å². The molecule has 1 rings (SSSR count). The molecule has 1 heteroatoms. The summed E-state index contributed by atoms with van der Waals surface area (Å²) >= 11 is 0. The summed E-state index contributed by atoms with van der Waals surface area (Å²) in [5.74, 6) is 2.81. The number of aliphatic hydroxyl groups excluding tert-OH is 1. The zero-order valence-corrected chi connectivity index (χ0v) is 9.51. The smallest absolute Gasteiger partial charge is 0.0482 e. The molecular formula is C12H24O. The van der Waals surface area contributed by atoms with Crippen molar-refractivity contribution in [1.29, 1.82) is 0 Å². The van der Waals surface area contributed by atoms with Crippen molar-refractivity contribution in [3.8, 4) is 0 Å². The standard InChI is InChI=1S/C12H24O/c1-9(11-7-10(11)2)5-6-12(3,4)8-13/h9-11,13H,5-8H2,1-4H3. The van der Waals surface area contributed by atoms with Crippen LogP contribution in [0.25, 0.3) is 0 Å². The van der Waals surface area contributed by atoms with Gasteiger partial charge in [0.05, 0.1) is 0 Å². The molecule has 0 spiro atoms. The first-order valence-corrected chi connectivity index (χ1v) is 5.57. The summed E-state index contributed by atoms with van der Waals surface area (Å²) in [4.78, 5) is 0. The average Bonchev–Trinajstić information content (AvgIpc) is 2.79. The van der Waals surface area contributed by atoms with Gasteiger partial charge in [0.25, 0.3) is 0 Å². The summed E-state index contributed by atoms with van der Waals surface area (Å²) in [5.41, 5.74) is 0.131. The van der Waals surface area contributed by atoms with Gasteiger partial charge in [0, 0.05) is 6.61 Å². The fraction of sp³-hybridized carbons (Fsp3) is 1.00. The van der Waals surface area contributed by atoms with Gasteiger partial charge in [-0.3, -0.25) is 0 Å². The van der Waals surface area contributed by atoms with E-state index in [0.29, 0.717) is 6.61 Å². The molecule has 3 atom stereocenters. The molecule has 1 nitrogen and oxygen atoms in total. The van der Waals surface area contributed by atoms with Gasteiger partial charge in [-0.05, 0) is 42.4 Å². The van der Waals surface area contributed by atoms with Crippen LogP contribution in [0.3, 0.4) is 0 Å². The molecule has 0 aliphatic heterocycles. The number of rotatable bonds is 5. The minimum absolute atomic E-state index is 0.131. The lowest BCUT2D eigenvalue weighted by molar-refractivity contribution is 0.140. The van der Waals surface area contributed by atoms with Crippen molar-refractivity contribution in [3.63, 3.8) is 0 Å². The third-order valence-corrected chi connectivity index (χ3v) is 3.61. The van der Waals surface area contributed by atoms with E-state index >= 15 is 0 Å². The highest BCUT2D eigenvalue weighted by Gasteiger charge is 2.37. The third kappa shape index (κ3) is 3.30. The van der Waals surface area contributed by atoms with E-state index in [-0.39, 0.29) is 5.41 Å². The Bertz CT molecular complexity index is 163. The van der Waals surface area contributed by atoms with Crippen LogP contribution in [0.2, 0.25) is 0 Å². The molecular weight excluding hydrogens is 160 g/mol. The second kappa shape index (κ2) is 4.00. The highest BCUT2D eigenvalue weighted by molar-refractivity contribution is 4.87. The largest absolute Gasteiger partial charge is 0.396 e. The van der Waals surface area contributed by atoms with Crippen molar-refractivity contribution in [1.82, 2.24) is 0 Å². The van der Waals surface area contributed by atoms with Crippen LogP contribution >= 0.6 is 0 Å². The van der Waals surface area contributed by atoms with Crippen molar-refractivity contribution in [2.45, 2.75) is 47.0 Å². The number of hydrogen-bond donors (Lipinski definition) is 1. The maximum absolute atomic E-state index is 9.11. The van der Waals surface area contributed by atoms with Crippen LogP contribution in [0.5, 0.6) is 0 Å². The van der Waals surface area contributed by atoms with Crippen LogP contribution in [0.4, 0.5) is 0 Å². The minimum atomic E-state index is 0.131. The molecule has 1 aliphatic rings. The van der Waals surface area contributed by atoms with Gasteiger partial charge >= 0.3 is 0 Å². The van der Waals surface area contributed by atoms with E-state index in [1.807, 2.05) is 0 Å². The van der Waals surface area contributed by atoms with Crippen molar-refractivity contribution in [2.24, 2.45) is 23.2 Å². The van der Waals surface area contributed by atoms with Gasteiger partial charge in [-0.1, -0.05) is 27.7 Å². The molecule has 1 aliphatic carbocycles. The topological polar surface area (TPSA) is 20.2 Å². The van der Waals surface area contributed by atoms with E-state index in [1.165, 1.54) is 12.8 Å². The Balaban J connectivity index is 2.18. The number of aliphatic hydroxyl groups is 1. The molecule has 0 bridgehead atoms. The maximum atomic E-state index is 9.11. The highest BCUT2D eigenvalue weighted by Crippen LogP contribution is 2.46. The molecule has 0 saturated heterocycles. The van der Waals surface area contributed by atoms with E-state index in [0.717, 1.165) is 24.2 Å². The van der Waals surface area contributed by atoms with E-state index in [4.69, 9.17) is 5.11 Å². The van der Waals surface area contributed by atoms with E-state index in [2.05, 4.69) is 27.7 Å². The Labute approximate surface area is 82.5 Å². The Kier molecular flexibility index (Phi) is 3.39. The van der Waals surface area contributed by atoms with Gasteiger partial charge in [0.2, 0.25) is 0 Å². The molecule has 0 aromatic carbocycles. The summed E-state index contributed by atoms with van der Waals surface area (Å²) in [6.45, 7) is 9.33. The summed E-state index contributed by atoms with van der Waals surface area (Å²) in [6.07, 6.45) is 3.87. The van der Waals surface area contributed by atoms with E-state index in [9.17, 15) is 0 Å². The lowest BCUT2D eigenvalue weighted by atomic mass is 9.84. The molecule has 0 heterocycles. The van der Waals surface area contributed by atoms with Crippen LogP contribution in [0.15, 0.2) is 0 Å². The molecule has 1 fully saturated rings. The van der Waals surface area contributed by atoms with Crippen molar-refractivity contribution < 1.29 is 5.11 Å². The van der Waals surface area contributed by atoms with Crippen molar-refractivity contribution in [2.75, 3.05) is 6.61 Å². The van der Waals surface area contributed by atoms with Gasteiger partial charge in [-0.15, -0.1) is 0 Å². The zero-order chi connectivity index (χ0) is 10.1. The summed E-state index contributed by atoms with van der Waals surface area (Å²) in [5, 5.41) is 9.11. The second-order valence-corrected chi connectivity index (χ2v) is 5.72. The van der Waals surface area contributed by atoms with Crippen LogP contribution in [0, 0.1) is 23.2 Å². The SMILES string of the molecule is CC(CCC(C)(C)CO)C1CC1C. The Morgan fingerprint density at radius 1 is 1.46 bits per heavy atom. The molecule has 1 saturated carbocycles. The molecule has 78 valence electrons. The number of hydrogen-bond acceptors (Lipinski definition) is 1. The van der Waals surface area contributed by atoms with Crippen LogP contribution < -0.4 is 0 Å². The molecule has 0 amide bonds. The normalized spacial score (nSPS) is 30.2. The third-order valence-electron chi connectivity index (χ3n) is 3.61. The van der Waals surface area contributed by atoms with Crippen molar-refractivity contribution >= 4 is 0 Å². The summed E-state index contributed by atoms with van der Waals surface area (Å²) in [6, 6.07) is 0. The van der Waals surface area contributed by atoms with Gasteiger partial charge in [-0.2, -0.15) is 0 Å². The highest BCUT2D eigenvalue weighted by atomic mass is 16.3. The summed E-state index contributed by atoms with van der Waals surface area (Å²) in [7, 11) is 0. The van der Waals surface area contributed by atoms with Gasteiger partial charge in [0.15, 0.2) is 0 Å². The lowest BCUT2D eigenvalue weighted by Crippen LogP contribution is -2.18. The molecule has 1 N–H and O–H groups in total. The first-order valence-electron chi connectivity index (χ1n) is 5.57. The van der Waals surface area contributed by atoms with Gasteiger partial charge in [0.1, 0.15) is 0 Å². The first kappa shape index (κ1) is 11.0. The van der Waals surface area contributed by atoms with Crippen LogP contribution in [0.1, 0.15) is 47.0 Å². The summed E-state index contributed by atoms with van der Waals surface area (Å²) < 4.78 is 0. The monoisotopic (exact) mass is 184 g/mol. The van der Waals surface area contributed by atoms with Gasteiger partial charge < -0.3 is 5.11 Å². The fourth-order valence-electron chi connectivity index (χ4n) is 2.06. The Hall–Kier alpha value is -0.0400. The molecule has 13 heavy (non-hydrogen) atoms.